The molecule has 4 rings (SSSR count). The zero-order valence-corrected chi connectivity index (χ0v) is 19.5. The van der Waals surface area contributed by atoms with Crippen LogP contribution >= 0.6 is 11.7 Å². The molecule has 1 saturated heterocycles. The number of carbonyl (C=O) groups excluding carboxylic acids is 2. The van der Waals surface area contributed by atoms with Crippen molar-refractivity contribution >= 4 is 44.8 Å². The quantitative estimate of drug-likeness (QED) is 0.562. The second-order valence-electron chi connectivity index (χ2n) is 7.36. The second-order valence-corrected chi connectivity index (χ2v) is 9.58. The third-order valence-corrected chi connectivity index (χ3v) is 7.31. The molecule has 2 heterocycles. The van der Waals surface area contributed by atoms with E-state index in [1.165, 1.54) is 11.0 Å². The molecule has 2 aromatic carbocycles. The van der Waals surface area contributed by atoms with Gasteiger partial charge in [-0.25, -0.2) is 13.2 Å². The Morgan fingerprint density at radius 1 is 1.03 bits per heavy atom. The van der Waals surface area contributed by atoms with Crippen molar-refractivity contribution in [2.45, 2.75) is 17.9 Å². The van der Waals surface area contributed by atoms with Crippen molar-refractivity contribution in [2.75, 3.05) is 32.8 Å². The first-order chi connectivity index (χ1) is 15.9. The number of carbonyl (C=O) groups is 2. The van der Waals surface area contributed by atoms with Gasteiger partial charge in [0, 0.05) is 26.2 Å². The maximum absolute atomic E-state index is 13.5. The smallest absolute Gasteiger partial charge is 0.409 e. The van der Waals surface area contributed by atoms with Gasteiger partial charge in [-0.15, -0.1) is 0 Å². The molecule has 1 fully saturated rings. The molecule has 0 radical (unpaired) electrons. The Labute approximate surface area is 195 Å². The monoisotopic (exact) mass is 489 g/mol. The van der Waals surface area contributed by atoms with Gasteiger partial charge in [-0.3, -0.25) is 4.79 Å². The average Bonchev–Trinajstić information content (AvgIpc) is 3.32. The number of hydrogen-bond acceptors (Lipinski definition) is 8. The van der Waals surface area contributed by atoms with Gasteiger partial charge in [0.1, 0.15) is 22.0 Å². The van der Waals surface area contributed by atoms with Crippen LogP contribution in [0.25, 0.3) is 11.0 Å². The molecular formula is C21H23N5O5S2. The fourth-order valence-electron chi connectivity index (χ4n) is 3.63. The van der Waals surface area contributed by atoms with Crippen LogP contribution in [0.2, 0.25) is 0 Å². The van der Waals surface area contributed by atoms with E-state index < -0.39 is 28.1 Å². The summed E-state index contributed by atoms with van der Waals surface area (Å²) in [4.78, 5) is 28.5. The first-order valence-electron chi connectivity index (χ1n) is 10.4. The van der Waals surface area contributed by atoms with Crippen LogP contribution in [0, 0.1) is 0 Å². The summed E-state index contributed by atoms with van der Waals surface area (Å²) >= 11 is 0.924. The Hall–Kier alpha value is -3.09. The molecule has 1 N–H and O–H groups in total. The molecule has 0 unspecified atom stereocenters. The van der Waals surface area contributed by atoms with Crippen LogP contribution in [0.3, 0.4) is 0 Å². The van der Waals surface area contributed by atoms with Crippen molar-refractivity contribution in [2.24, 2.45) is 0 Å². The van der Waals surface area contributed by atoms with Crippen LogP contribution in [-0.2, 0) is 19.6 Å². The van der Waals surface area contributed by atoms with Gasteiger partial charge < -0.3 is 14.5 Å². The van der Waals surface area contributed by atoms with Crippen LogP contribution in [0.5, 0.6) is 0 Å². The van der Waals surface area contributed by atoms with Gasteiger partial charge in [0.2, 0.25) is 15.9 Å². The third-order valence-electron chi connectivity index (χ3n) is 5.31. The molecule has 1 aliphatic rings. The minimum absolute atomic E-state index is 0.0328. The lowest BCUT2D eigenvalue weighted by Crippen LogP contribution is -2.53. The van der Waals surface area contributed by atoms with E-state index in [9.17, 15) is 18.0 Å². The zero-order chi connectivity index (χ0) is 23.4. The lowest BCUT2D eigenvalue weighted by molar-refractivity contribution is -0.134. The summed E-state index contributed by atoms with van der Waals surface area (Å²) in [5.41, 5.74) is 1.25. The van der Waals surface area contributed by atoms with Crippen LogP contribution in [-0.4, -0.2) is 71.8 Å². The summed E-state index contributed by atoms with van der Waals surface area (Å²) in [6.07, 6.45) is -0.421. The molecule has 3 aromatic rings. The Morgan fingerprint density at radius 3 is 2.42 bits per heavy atom. The second kappa shape index (κ2) is 9.81. The molecular weight excluding hydrogens is 466 g/mol. The van der Waals surface area contributed by atoms with Gasteiger partial charge in [-0.05, 0) is 24.6 Å². The summed E-state index contributed by atoms with van der Waals surface area (Å²) < 4.78 is 42.4. The van der Waals surface area contributed by atoms with E-state index in [1.54, 1.807) is 54.3 Å². The summed E-state index contributed by atoms with van der Waals surface area (Å²) in [5, 5.41) is 0. The molecule has 10 nitrogen and oxygen atoms in total. The van der Waals surface area contributed by atoms with Gasteiger partial charge in [0.05, 0.1) is 18.3 Å². The standard InChI is InChI=1S/C21H23N5O5S2/c1-2-31-21(28)26-13-11-25(12-14-26)20(27)18(15-7-4-3-5-8-15)24-33(29,30)17-10-6-9-16-19(17)23-32-22-16/h3-10,18,24H,2,11-14H2,1H3/t18-/m1/s1. The topological polar surface area (TPSA) is 122 Å². The summed E-state index contributed by atoms with van der Waals surface area (Å²) in [6, 6.07) is 12.3. The minimum atomic E-state index is -4.10. The number of ether oxygens (including phenoxy) is 1. The molecule has 1 aliphatic heterocycles. The van der Waals surface area contributed by atoms with Gasteiger partial charge in [-0.2, -0.15) is 13.5 Å². The SMILES string of the molecule is CCOC(=O)N1CCN(C(=O)[C@H](NS(=O)(=O)c2cccc3nsnc23)c2ccccc2)CC1. The highest BCUT2D eigenvalue weighted by Crippen LogP contribution is 2.25. The number of nitrogens with zero attached hydrogens (tertiary/aromatic N) is 4. The number of benzene rings is 2. The van der Waals surface area contributed by atoms with Crippen LogP contribution < -0.4 is 4.72 Å². The predicted molar refractivity (Wildman–Crippen MR) is 122 cm³/mol. The third kappa shape index (κ3) is 4.97. The highest BCUT2D eigenvalue weighted by Gasteiger charge is 2.34. The Morgan fingerprint density at radius 2 is 1.73 bits per heavy atom. The Kier molecular flexibility index (Phi) is 6.86. The lowest BCUT2D eigenvalue weighted by atomic mass is 10.1. The summed E-state index contributed by atoms with van der Waals surface area (Å²) in [7, 11) is -4.10. The number of sulfonamides is 1. The summed E-state index contributed by atoms with van der Waals surface area (Å²) in [5.74, 6) is -0.392. The lowest BCUT2D eigenvalue weighted by Gasteiger charge is -2.36. The number of amides is 2. The maximum Gasteiger partial charge on any atom is 0.409 e. The van der Waals surface area contributed by atoms with E-state index in [-0.39, 0.29) is 30.1 Å². The van der Waals surface area contributed by atoms with Crippen molar-refractivity contribution in [3.8, 4) is 0 Å². The number of rotatable bonds is 6. The largest absolute Gasteiger partial charge is 0.450 e. The van der Waals surface area contributed by atoms with E-state index in [4.69, 9.17) is 4.74 Å². The van der Waals surface area contributed by atoms with Gasteiger partial charge in [0.25, 0.3) is 0 Å². The number of fused-ring (bicyclic) bond motifs is 1. The van der Waals surface area contributed by atoms with E-state index in [0.717, 1.165) is 11.7 Å². The number of piperazine rings is 1. The molecule has 12 heteroatoms. The molecule has 2 amide bonds. The van der Waals surface area contributed by atoms with Gasteiger partial charge in [0.15, 0.2) is 0 Å². The molecule has 0 aliphatic carbocycles. The van der Waals surface area contributed by atoms with Crippen molar-refractivity contribution in [1.29, 1.82) is 0 Å². The van der Waals surface area contributed by atoms with E-state index in [1.807, 2.05) is 0 Å². The average molecular weight is 490 g/mol. The van der Waals surface area contributed by atoms with Crippen molar-refractivity contribution in [3.05, 3.63) is 54.1 Å². The van der Waals surface area contributed by atoms with Crippen molar-refractivity contribution in [3.63, 3.8) is 0 Å². The van der Waals surface area contributed by atoms with Crippen LogP contribution in [0.1, 0.15) is 18.5 Å². The van der Waals surface area contributed by atoms with Gasteiger partial charge in [-0.1, -0.05) is 36.4 Å². The highest BCUT2D eigenvalue weighted by molar-refractivity contribution is 7.89. The van der Waals surface area contributed by atoms with E-state index >= 15 is 0 Å². The molecule has 1 atom stereocenters. The molecule has 0 spiro atoms. The van der Waals surface area contributed by atoms with Crippen molar-refractivity contribution < 1.29 is 22.7 Å². The number of aromatic nitrogens is 2. The molecule has 33 heavy (non-hydrogen) atoms. The normalized spacial score (nSPS) is 15.4. The van der Waals surface area contributed by atoms with Crippen LogP contribution in [0.15, 0.2) is 53.4 Å². The fraction of sp³-hybridized carbons (Fsp3) is 0.333. The number of nitrogens with one attached hydrogen (secondary N) is 1. The minimum Gasteiger partial charge on any atom is -0.450 e. The highest BCUT2D eigenvalue weighted by atomic mass is 32.2. The van der Waals surface area contributed by atoms with E-state index in [2.05, 4.69) is 13.5 Å². The predicted octanol–water partition coefficient (Wildman–Crippen LogP) is 2.01. The fourth-order valence-corrected chi connectivity index (χ4v) is 5.57. The van der Waals surface area contributed by atoms with Gasteiger partial charge >= 0.3 is 6.09 Å². The first kappa shape index (κ1) is 23.1. The Bertz CT molecular complexity index is 1240. The van der Waals surface area contributed by atoms with E-state index in [0.29, 0.717) is 24.2 Å². The first-order valence-corrected chi connectivity index (χ1v) is 12.6. The molecule has 0 bridgehead atoms. The zero-order valence-electron chi connectivity index (χ0n) is 17.9. The summed E-state index contributed by atoms with van der Waals surface area (Å²) in [6.45, 7) is 3.17. The number of hydrogen-bond donors (Lipinski definition) is 1. The molecule has 0 saturated carbocycles. The molecule has 1 aromatic heterocycles. The van der Waals surface area contributed by atoms with Crippen LogP contribution in [0.4, 0.5) is 4.79 Å². The Balaban J connectivity index is 1.58. The van der Waals surface area contributed by atoms with Crippen molar-refractivity contribution in [1.82, 2.24) is 23.3 Å². The maximum atomic E-state index is 13.5. The molecule has 174 valence electrons.